The first kappa shape index (κ1) is 15.2. The van der Waals surface area contributed by atoms with Crippen LogP contribution >= 0.6 is 0 Å². The summed E-state index contributed by atoms with van der Waals surface area (Å²) in [6, 6.07) is 6.43. The molecule has 7 heteroatoms. The smallest absolute Gasteiger partial charge is 0.273 e. The number of nitrogens with zero attached hydrogens (tertiary/aromatic N) is 3. The van der Waals surface area contributed by atoms with E-state index >= 15 is 0 Å². The molecule has 0 bridgehead atoms. The molecule has 7 nitrogen and oxygen atoms in total. The maximum atomic E-state index is 12.4. The van der Waals surface area contributed by atoms with Gasteiger partial charge in [0.05, 0.1) is 17.2 Å². The largest absolute Gasteiger partial charge is 0.307 e. The molecule has 1 aliphatic carbocycles. The van der Waals surface area contributed by atoms with Gasteiger partial charge in [-0.2, -0.15) is 5.10 Å². The van der Waals surface area contributed by atoms with E-state index in [2.05, 4.69) is 17.3 Å². The van der Waals surface area contributed by atoms with Crippen LogP contribution < -0.4 is 5.32 Å². The average molecular weight is 314 g/mol. The van der Waals surface area contributed by atoms with Gasteiger partial charge in [0.15, 0.2) is 0 Å². The number of amides is 1. The van der Waals surface area contributed by atoms with Crippen molar-refractivity contribution >= 4 is 17.4 Å². The van der Waals surface area contributed by atoms with Gasteiger partial charge in [-0.1, -0.05) is 6.07 Å². The Morgan fingerprint density at radius 3 is 2.83 bits per heavy atom. The second-order valence-corrected chi connectivity index (χ2v) is 5.95. The summed E-state index contributed by atoms with van der Waals surface area (Å²) in [6.07, 6.45) is 4.00. The first-order chi connectivity index (χ1) is 11.0. The molecule has 1 aromatic heterocycles. The van der Waals surface area contributed by atoms with E-state index < -0.39 is 4.92 Å². The molecule has 3 rings (SSSR count). The van der Waals surface area contributed by atoms with Gasteiger partial charge in [-0.15, -0.1) is 0 Å². The van der Waals surface area contributed by atoms with Gasteiger partial charge in [0, 0.05) is 23.3 Å². The highest BCUT2D eigenvalue weighted by Gasteiger charge is 2.30. The number of hydrogen-bond acceptors (Lipinski definition) is 4. The minimum atomic E-state index is -0.481. The molecule has 23 heavy (non-hydrogen) atoms. The molecule has 0 saturated heterocycles. The molecule has 1 heterocycles. The minimum Gasteiger partial charge on any atom is -0.307 e. The van der Waals surface area contributed by atoms with E-state index in [0.717, 1.165) is 0 Å². The normalized spacial score (nSPS) is 15.2. The van der Waals surface area contributed by atoms with Gasteiger partial charge in [0.25, 0.3) is 11.6 Å². The fourth-order valence-electron chi connectivity index (χ4n) is 2.65. The molecule has 0 aliphatic heterocycles. The summed E-state index contributed by atoms with van der Waals surface area (Å²) in [5.74, 6) is 0.835. The highest BCUT2D eigenvalue weighted by atomic mass is 16.6. The maximum absolute atomic E-state index is 12.4. The maximum Gasteiger partial charge on any atom is 0.273 e. The fourth-order valence-corrected chi connectivity index (χ4v) is 2.65. The van der Waals surface area contributed by atoms with Crippen molar-refractivity contribution in [1.82, 2.24) is 9.78 Å². The molecule has 1 unspecified atom stereocenters. The van der Waals surface area contributed by atoms with Crippen LogP contribution in [-0.4, -0.2) is 20.6 Å². The predicted octanol–water partition coefficient (Wildman–Crippen LogP) is 3.32. The van der Waals surface area contributed by atoms with Gasteiger partial charge in [-0.3, -0.25) is 14.9 Å². The molecule has 0 spiro atoms. The van der Waals surface area contributed by atoms with Gasteiger partial charge in [0.2, 0.25) is 0 Å². The molecular formula is C16H18N4O3. The lowest BCUT2D eigenvalue weighted by Gasteiger charge is -2.15. The Labute approximate surface area is 133 Å². The number of aryl methyl sites for hydroxylation is 1. The third-order valence-corrected chi connectivity index (χ3v) is 4.27. The number of aromatic nitrogens is 2. The second kappa shape index (κ2) is 5.83. The summed E-state index contributed by atoms with van der Waals surface area (Å²) in [5, 5.41) is 18.1. The van der Waals surface area contributed by atoms with Crippen LogP contribution in [0.2, 0.25) is 0 Å². The summed E-state index contributed by atoms with van der Waals surface area (Å²) in [7, 11) is 0. The summed E-state index contributed by atoms with van der Waals surface area (Å²) in [4.78, 5) is 22.9. The topological polar surface area (TPSA) is 90.1 Å². The Morgan fingerprint density at radius 1 is 1.43 bits per heavy atom. The molecule has 1 aliphatic rings. The van der Waals surface area contributed by atoms with Crippen molar-refractivity contribution in [3.05, 3.63) is 51.7 Å². The van der Waals surface area contributed by atoms with Crippen LogP contribution in [0.5, 0.6) is 0 Å². The number of nitrogens with one attached hydrogen (secondary N) is 1. The van der Waals surface area contributed by atoms with E-state index in [1.54, 1.807) is 36.0 Å². The van der Waals surface area contributed by atoms with Crippen molar-refractivity contribution in [3.63, 3.8) is 0 Å². The van der Waals surface area contributed by atoms with E-state index in [1.165, 1.54) is 18.9 Å². The third-order valence-electron chi connectivity index (χ3n) is 4.27. The molecule has 1 fully saturated rings. The molecule has 2 aromatic rings. The van der Waals surface area contributed by atoms with Crippen LogP contribution in [0, 0.1) is 23.0 Å². The van der Waals surface area contributed by atoms with Crippen LogP contribution in [0.1, 0.15) is 41.7 Å². The number of hydrogen-bond donors (Lipinski definition) is 1. The molecule has 0 radical (unpaired) electrons. The minimum absolute atomic E-state index is 0.0579. The zero-order chi connectivity index (χ0) is 16.6. The van der Waals surface area contributed by atoms with E-state index in [4.69, 9.17) is 0 Å². The van der Waals surface area contributed by atoms with Gasteiger partial charge in [-0.05, 0) is 38.7 Å². The van der Waals surface area contributed by atoms with Gasteiger partial charge >= 0.3 is 0 Å². The number of nitro groups is 1. The SMILES string of the molecule is Cc1ccc(C(=O)Nc2ccnn2C(C)C2CC2)cc1[N+](=O)[O-]. The summed E-state index contributed by atoms with van der Waals surface area (Å²) in [6.45, 7) is 3.73. The zero-order valence-electron chi connectivity index (χ0n) is 13.0. The first-order valence-electron chi connectivity index (χ1n) is 7.57. The summed E-state index contributed by atoms with van der Waals surface area (Å²) >= 11 is 0. The number of carbonyl (C=O) groups excluding carboxylic acids is 1. The molecule has 120 valence electrons. The number of carbonyl (C=O) groups is 1. The van der Waals surface area contributed by atoms with Crippen molar-refractivity contribution in [3.8, 4) is 0 Å². The van der Waals surface area contributed by atoms with Crippen LogP contribution in [-0.2, 0) is 0 Å². The number of benzene rings is 1. The van der Waals surface area contributed by atoms with Crippen molar-refractivity contribution in [1.29, 1.82) is 0 Å². The second-order valence-electron chi connectivity index (χ2n) is 5.95. The summed E-state index contributed by atoms with van der Waals surface area (Å²) < 4.78 is 1.80. The van der Waals surface area contributed by atoms with E-state index in [-0.39, 0.29) is 23.2 Å². The highest BCUT2D eigenvalue weighted by molar-refractivity contribution is 6.04. The lowest BCUT2D eigenvalue weighted by molar-refractivity contribution is -0.385. The Morgan fingerprint density at radius 2 is 2.17 bits per heavy atom. The van der Waals surface area contributed by atoms with Crippen LogP contribution in [0.15, 0.2) is 30.5 Å². The lowest BCUT2D eigenvalue weighted by Crippen LogP contribution is -2.18. The number of rotatable bonds is 5. The van der Waals surface area contributed by atoms with Gasteiger partial charge in [0.1, 0.15) is 5.82 Å². The standard InChI is InChI=1S/C16H18N4O3/c1-10-3-4-13(9-14(10)20(22)23)16(21)18-15-7-8-17-19(15)11(2)12-5-6-12/h3-4,7-9,11-12H,5-6H2,1-2H3,(H,18,21). The van der Waals surface area contributed by atoms with Crippen molar-refractivity contribution in [2.75, 3.05) is 5.32 Å². The predicted molar refractivity (Wildman–Crippen MR) is 85.4 cm³/mol. The molecule has 1 atom stereocenters. The Hall–Kier alpha value is -2.70. The van der Waals surface area contributed by atoms with Gasteiger partial charge < -0.3 is 5.32 Å². The Balaban J connectivity index is 1.81. The fraction of sp³-hybridized carbons (Fsp3) is 0.375. The molecule has 1 aromatic carbocycles. The highest BCUT2D eigenvalue weighted by Crippen LogP contribution is 2.40. The number of nitro benzene ring substituents is 1. The monoisotopic (exact) mass is 314 g/mol. The van der Waals surface area contributed by atoms with Crippen molar-refractivity contribution in [2.24, 2.45) is 5.92 Å². The van der Waals surface area contributed by atoms with E-state index in [1.807, 2.05) is 0 Å². The Kier molecular flexibility index (Phi) is 3.85. The first-order valence-corrected chi connectivity index (χ1v) is 7.57. The third kappa shape index (κ3) is 3.08. The van der Waals surface area contributed by atoms with Gasteiger partial charge in [-0.25, -0.2) is 4.68 Å². The molecular weight excluding hydrogens is 296 g/mol. The molecule has 1 N–H and O–H groups in total. The quantitative estimate of drug-likeness (QED) is 0.677. The van der Waals surface area contributed by atoms with Crippen LogP contribution in [0.4, 0.5) is 11.5 Å². The van der Waals surface area contributed by atoms with Crippen molar-refractivity contribution < 1.29 is 9.72 Å². The molecule has 1 amide bonds. The van der Waals surface area contributed by atoms with Crippen LogP contribution in [0.25, 0.3) is 0 Å². The molecule has 1 saturated carbocycles. The number of anilines is 1. The average Bonchev–Trinajstić information content (AvgIpc) is 3.27. The summed E-state index contributed by atoms with van der Waals surface area (Å²) in [5.41, 5.74) is 0.727. The van der Waals surface area contributed by atoms with Crippen LogP contribution in [0.3, 0.4) is 0 Å². The van der Waals surface area contributed by atoms with E-state index in [0.29, 0.717) is 17.3 Å². The van der Waals surface area contributed by atoms with E-state index in [9.17, 15) is 14.9 Å². The Bertz CT molecular complexity index is 764. The van der Waals surface area contributed by atoms with Crippen molar-refractivity contribution in [2.45, 2.75) is 32.7 Å². The zero-order valence-corrected chi connectivity index (χ0v) is 13.0. The lowest BCUT2D eigenvalue weighted by atomic mass is 10.1.